The molecule has 132 valence electrons. The van der Waals surface area contributed by atoms with Crippen molar-refractivity contribution in [2.75, 3.05) is 24.7 Å². The Morgan fingerprint density at radius 2 is 1.80 bits per heavy atom. The first-order chi connectivity index (χ1) is 12.1. The van der Waals surface area contributed by atoms with Gasteiger partial charge in [0.05, 0.1) is 17.9 Å². The lowest BCUT2D eigenvalue weighted by Crippen LogP contribution is -2.36. The monoisotopic (exact) mass is 341 g/mol. The molecule has 0 atom stereocenters. The lowest BCUT2D eigenvalue weighted by atomic mass is 10.1. The Morgan fingerprint density at radius 3 is 2.48 bits per heavy atom. The van der Waals surface area contributed by atoms with E-state index in [0.29, 0.717) is 23.5 Å². The first-order valence-corrected chi connectivity index (χ1v) is 8.32. The normalized spacial score (nSPS) is 10.2. The summed E-state index contributed by atoms with van der Waals surface area (Å²) in [6.45, 7) is 6.17. The highest BCUT2D eigenvalue weighted by molar-refractivity contribution is 6.03. The Kier molecular flexibility index (Phi) is 6.57. The molecule has 0 saturated carbocycles. The van der Waals surface area contributed by atoms with Crippen LogP contribution in [-0.4, -0.2) is 31.6 Å². The minimum atomic E-state index is -0.441. The Bertz CT molecular complexity index is 742. The maximum Gasteiger partial charge on any atom is 0.340 e. The topological polar surface area (TPSA) is 55.8 Å². The molecule has 0 N–H and O–H groups in total. The zero-order valence-corrected chi connectivity index (χ0v) is 14.8. The molecule has 2 aromatic rings. The molecule has 1 amide bonds. The van der Waals surface area contributed by atoms with E-state index in [9.17, 15) is 9.59 Å². The number of nitrogens with zero attached hydrogens (tertiary/aromatic N) is 1. The maximum atomic E-state index is 12.6. The van der Waals surface area contributed by atoms with E-state index >= 15 is 0 Å². The van der Waals surface area contributed by atoms with Gasteiger partial charge < -0.3 is 14.4 Å². The third-order valence-electron chi connectivity index (χ3n) is 3.66. The molecule has 0 fully saturated rings. The van der Waals surface area contributed by atoms with Crippen molar-refractivity contribution in [2.45, 2.75) is 20.8 Å². The van der Waals surface area contributed by atoms with Crippen LogP contribution in [0, 0.1) is 6.92 Å². The molecule has 0 aliphatic rings. The van der Waals surface area contributed by atoms with Crippen molar-refractivity contribution in [1.82, 2.24) is 0 Å². The first kappa shape index (κ1) is 18.5. The Balaban J connectivity index is 2.16. The van der Waals surface area contributed by atoms with E-state index in [4.69, 9.17) is 9.47 Å². The number of hydrogen-bond donors (Lipinski definition) is 0. The van der Waals surface area contributed by atoms with Crippen LogP contribution >= 0.6 is 0 Å². The minimum absolute atomic E-state index is 0.103. The fraction of sp³-hybridized carbons (Fsp3) is 0.300. The van der Waals surface area contributed by atoms with Gasteiger partial charge in [0.1, 0.15) is 5.75 Å². The quantitative estimate of drug-likeness (QED) is 0.722. The molecule has 0 heterocycles. The van der Waals surface area contributed by atoms with Gasteiger partial charge >= 0.3 is 5.97 Å². The molecule has 0 saturated heterocycles. The van der Waals surface area contributed by atoms with E-state index in [2.05, 4.69) is 0 Å². The lowest BCUT2D eigenvalue weighted by molar-refractivity contribution is -0.120. The van der Waals surface area contributed by atoms with E-state index in [0.717, 1.165) is 5.56 Å². The number of esters is 1. The van der Waals surface area contributed by atoms with Gasteiger partial charge in [-0.25, -0.2) is 4.79 Å². The molecule has 5 heteroatoms. The van der Waals surface area contributed by atoms with Crippen molar-refractivity contribution in [3.63, 3.8) is 0 Å². The summed E-state index contributed by atoms with van der Waals surface area (Å²) in [5.41, 5.74) is 1.96. The van der Waals surface area contributed by atoms with Gasteiger partial charge in [0.25, 0.3) is 5.91 Å². The van der Waals surface area contributed by atoms with Gasteiger partial charge in [0, 0.05) is 6.54 Å². The Hall–Kier alpha value is -2.82. The van der Waals surface area contributed by atoms with Gasteiger partial charge in [-0.1, -0.05) is 24.3 Å². The molecule has 25 heavy (non-hydrogen) atoms. The molecule has 2 rings (SSSR count). The van der Waals surface area contributed by atoms with Crippen molar-refractivity contribution in [3.05, 3.63) is 59.7 Å². The molecular weight excluding hydrogens is 318 g/mol. The molecular formula is C20H23NO4. The van der Waals surface area contributed by atoms with Gasteiger partial charge in [-0.15, -0.1) is 0 Å². The number of likely N-dealkylation sites (N-methyl/N-ethyl adjacent to an activating group) is 1. The number of hydrogen-bond acceptors (Lipinski definition) is 4. The number of para-hydroxylation sites is 1. The van der Waals surface area contributed by atoms with Crippen molar-refractivity contribution in [2.24, 2.45) is 0 Å². The lowest BCUT2D eigenvalue weighted by Gasteiger charge is -2.23. The van der Waals surface area contributed by atoms with Crippen LogP contribution in [0.1, 0.15) is 29.8 Å². The number of rotatable bonds is 7. The highest BCUT2D eigenvalue weighted by Crippen LogP contribution is 2.22. The molecule has 0 bridgehead atoms. The van der Waals surface area contributed by atoms with Crippen molar-refractivity contribution in [3.8, 4) is 5.75 Å². The number of benzene rings is 2. The molecule has 2 aromatic carbocycles. The van der Waals surface area contributed by atoms with Crippen LogP contribution in [0.4, 0.5) is 5.69 Å². The molecule has 0 aliphatic carbocycles. The number of carbonyl (C=O) groups excluding carboxylic acids is 2. The third-order valence-corrected chi connectivity index (χ3v) is 3.66. The van der Waals surface area contributed by atoms with Crippen LogP contribution in [0.25, 0.3) is 0 Å². The summed E-state index contributed by atoms with van der Waals surface area (Å²) in [7, 11) is 0. The second-order valence-electron chi connectivity index (χ2n) is 5.48. The second-order valence-corrected chi connectivity index (χ2v) is 5.48. The molecule has 5 nitrogen and oxygen atoms in total. The highest BCUT2D eigenvalue weighted by atomic mass is 16.5. The van der Waals surface area contributed by atoms with E-state index in [-0.39, 0.29) is 19.1 Å². The summed E-state index contributed by atoms with van der Waals surface area (Å²) in [6.07, 6.45) is 0. The summed E-state index contributed by atoms with van der Waals surface area (Å²) in [5, 5.41) is 0. The van der Waals surface area contributed by atoms with Crippen molar-refractivity contribution in [1.29, 1.82) is 0 Å². The first-order valence-electron chi connectivity index (χ1n) is 8.32. The molecule has 0 spiro atoms. The van der Waals surface area contributed by atoms with Crippen LogP contribution in [0.2, 0.25) is 0 Å². The van der Waals surface area contributed by atoms with Gasteiger partial charge in [-0.3, -0.25) is 4.79 Å². The van der Waals surface area contributed by atoms with E-state index in [1.807, 2.05) is 38.1 Å². The Labute approximate surface area is 148 Å². The molecule has 0 aliphatic heterocycles. The van der Waals surface area contributed by atoms with Crippen LogP contribution in [0.15, 0.2) is 48.5 Å². The highest BCUT2D eigenvalue weighted by Gasteiger charge is 2.21. The fourth-order valence-corrected chi connectivity index (χ4v) is 2.50. The zero-order chi connectivity index (χ0) is 18.2. The number of carbonyl (C=O) groups is 2. The number of aryl methyl sites for hydroxylation is 1. The Morgan fingerprint density at radius 1 is 1.04 bits per heavy atom. The summed E-state index contributed by atoms with van der Waals surface area (Å²) in [6, 6.07) is 14.4. The van der Waals surface area contributed by atoms with Crippen molar-refractivity contribution >= 4 is 17.6 Å². The minimum Gasteiger partial charge on any atom is -0.484 e. The largest absolute Gasteiger partial charge is 0.484 e. The fourth-order valence-electron chi connectivity index (χ4n) is 2.50. The zero-order valence-electron chi connectivity index (χ0n) is 14.8. The van der Waals surface area contributed by atoms with Crippen molar-refractivity contribution < 1.29 is 19.1 Å². The summed E-state index contributed by atoms with van der Waals surface area (Å²) >= 11 is 0. The third kappa shape index (κ3) is 4.83. The average molecular weight is 341 g/mol. The molecule has 0 aromatic heterocycles. The SMILES string of the molecule is CCOC(=O)c1ccccc1N(CC)C(=O)COc1cccc(C)c1. The van der Waals surface area contributed by atoms with Crippen LogP contribution < -0.4 is 9.64 Å². The predicted octanol–water partition coefficient (Wildman–Crippen LogP) is 3.60. The van der Waals surface area contributed by atoms with E-state index in [1.54, 1.807) is 31.2 Å². The van der Waals surface area contributed by atoms with Crippen LogP contribution in [0.5, 0.6) is 5.75 Å². The van der Waals surface area contributed by atoms with Crippen LogP contribution in [-0.2, 0) is 9.53 Å². The summed E-state index contributed by atoms with van der Waals surface area (Å²) in [5.74, 6) is -0.0206. The summed E-state index contributed by atoms with van der Waals surface area (Å²) < 4.78 is 10.7. The number of anilines is 1. The number of ether oxygens (including phenoxy) is 2. The van der Waals surface area contributed by atoms with Gasteiger partial charge in [0.2, 0.25) is 0 Å². The van der Waals surface area contributed by atoms with Gasteiger partial charge in [-0.05, 0) is 50.6 Å². The number of amides is 1. The molecule has 0 radical (unpaired) electrons. The smallest absolute Gasteiger partial charge is 0.340 e. The average Bonchev–Trinajstić information content (AvgIpc) is 2.61. The van der Waals surface area contributed by atoms with Crippen LogP contribution in [0.3, 0.4) is 0 Å². The second kappa shape index (κ2) is 8.87. The van der Waals surface area contributed by atoms with Gasteiger partial charge in [-0.2, -0.15) is 0 Å². The van der Waals surface area contributed by atoms with E-state index < -0.39 is 5.97 Å². The van der Waals surface area contributed by atoms with Gasteiger partial charge in [0.15, 0.2) is 6.61 Å². The standard InChI is InChI=1S/C20H23NO4/c1-4-21(18-12-7-6-11-17(18)20(23)24-5-2)19(22)14-25-16-10-8-9-15(3)13-16/h6-13H,4-5,14H2,1-3H3. The molecule has 0 unspecified atom stereocenters. The van der Waals surface area contributed by atoms with E-state index in [1.165, 1.54) is 4.90 Å². The summed E-state index contributed by atoms with van der Waals surface area (Å²) in [4.78, 5) is 26.3. The maximum absolute atomic E-state index is 12.6. The predicted molar refractivity (Wildman–Crippen MR) is 97.1 cm³/mol.